The van der Waals surface area contributed by atoms with E-state index in [1.807, 2.05) is 0 Å². The summed E-state index contributed by atoms with van der Waals surface area (Å²) in [5.74, 6) is -3.76. The van der Waals surface area contributed by atoms with Gasteiger partial charge in [0.05, 0.1) is 17.4 Å². The van der Waals surface area contributed by atoms with E-state index < -0.39 is 35.5 Å². The minimum atomic E-state index is -4.35. The fourth-order valence-corrected chi connectivity index (χ4v) is 2.89. The van der Waals surface area contributed by atoms with E-state index in [9.17, 15) is 26.7 Å². The summed E-state index contributed by atoms with van der Waals surface area (Å²) in [5, 5.41) is 2.57. The van der Waals surface area contributed by atoms with Crippen molar-refractivity contribution in [2.45, 2.75) is 24.0 Å². The second kappa shape index (κ2) is 7.86. The second-order valence-corrected chi connectivity index (χ2v) is 6.29. The highest BCUT2D eigenvalue weighted by Crippen LogP contribution is 2.29. The Labute approximate surface area is 145 Å². The zero-order chi connectivity index (χ0) is 18.6. The normalized spacial score (nSPS) is 12.7. The predicted molar refractivity (Wildman–Crippen MR) is 85.5 cm³/mol. The number of benzene rings is 2. The number of hydrogen-bond donors (Lipinski definition) is 1. The van der Waals surface area contributed by atoms with Crippen molar-refractivity contribution in [3.63, 3.8) is 0 Å². The molecule has 0 bridgehead atoms. The van der Waals surface area contributed by atoms with E-state index in [-0.39, 0.29) is 10.5 Å². The van der Waals surface area contributed by atoms with Crippen LogP contribution in [0.25, 0.3) is 0 Å². The standard InChI is InChI=1S/C17H14F5NOS/c1-10(11-6-7-13(18)14(19)8-11)23-16(24)12-4-2-3-5-15(12)25-9-17(20,21)22/h2-8,10H,9H2,1H3,(H,23,24). The first-order valence-electron chi connectivity index (χ1n) is 7.22. The lowest BCUT2D eigenvalue weighted by Crippen LogP contribution is -2.27. The number of amides is 1. The molecule has 2 aromatic carbocycles. The van der Waals surface area contributed by atoms with E-state index in [0.29, 0.717) is 17.3 Å². The number of hydrogen-bond acceptors (Lipinski definition) is 2. The first-order chi connectivity index (χ1) is 11.7. The maximum atomic E-state index is 13.3. The van der Waals surface area contributed by atoms with Gasteiger partial charge in [0.25, 0.3) is 5.91 Å². The maximum Gasteiger partial charge on any atom is 0.398 e. The van der Waals surface area contributed by atoms with Crippen molar-refractivity contribution in [2.24, 2.45) is 0 Å². The van der Waals surface area contributed by atoms with E-state index >= 15 is 0 Å². The highest BCUT2D eigenvalue weighted by atomic mass is 32.2. The number of nitrogens with one attached hydrogen (secondary N) is 1. The van der Waals surface area contributed by atoms with Crippen LogP contribution in [0.4, 0.5) is 22.0 Å². The minimum absolute atomic E-state index is 0.0891. The minimum Gasteiger partial charge on any atom is -0.345 e. The molecule has 0 spiro atoms. The van der Waals surface area contributed by atoms with Gasteiger partial charge >= 0.3 is 6.18 Å². The molecule has 0 heterocycles. The summed E-state index contributed by atoms with van der Waals surface area (Å²) in [6.45, 7) is 1.57. The van der Waals surface area contributed by atoms with Crippen molar-refractivity contribution in [3.05, 3.63) is 65.2 Å². The molecular weight excluding hydrogens is 361 g/mol. The van der Waals surface area contributed by atoms with Crippen LogP contribution in [0, 0.1) is 11.6 Å². The third-order valence-electron chi connectivity index (χ3n) is 3.31. The van der Waals surface area contributed by atoms with Gasteiger partial charge in [-0.15, -0.1) is 11.8 Å². The summed E-state index contributed by atoms with van der Waals surface area (Å²) >= 11 is 0.514. The van der Waals surface area contributed by atoms with E-state index in [2.05, 4.69) is 5.32 Å². The van der Waals surface area contributed by atoms with Crippen LogP contribution < -0.4 is 5.32 Å². The lowest BCUT2D eigenvalue weighted by molar-refractivity contribution is -0.105. The lowest BCUT2D eigenvalue weighted by atomic mass is 10.1. The Kier molecular flexibility index (Phi) is 6.05. The molecule has 2 nitrogen and oxygen atoms in total. The zero-order valence-electron chi connectivity index (χ0n) is 13.0. The van der Waals surface area contributed by atoms with Crippen LogP contribution in [0.1, 0.15) is 28.9 Å². The molecule has 25 heavy (non-hydrogen) atoms. The SMILES string of the molecule is CC(NC(=O)c1ccccc1SCC(F)(F)F)c1ccc(F)c(F)c1. The summed E-state index contributed by atoms with van der Waals surface area (Å²) in [5.41, 5.74) is 0.429. The average Bonchev–Trinajstić information content (AvgIpc) is 2.55. The molecule has 0 fully saturated rings. The monoisotopic (exact) mass is 375 g/mol. The van der Waals surface area contributed by atoms with Gasteiger partial charge in [0.1, 0.15) is 0 Å². The molecule has 1 unspecified atom stereocenters. The molecule has 8 heteroatoms. The molecule has 2 aromatic rings. The number of thioether (sulfide) groups is 1. The van der Waals surface area contributed by atoms with Gasteiger partial charge in [0.15, 0.2) is 11.6 Å². The summed E-state index contributed by atoms with van der Waals surface area (Å²) in [6, 6.07) is 8.49. The molecule has 0 aliphatic carbocycles. The van der Waals surface area contributed by atoms with Crippen molar-refractivity contribution >= 4 is 17.7 Å². The maximum absolute atomic E-state index is 13.3. The van der Waals surface area contributed by atoms with E-state index in [4.69, 9.17) is 0 Å². The van der Waals surface area contributed by atoms with Crippen LogP contribution in [0.15, 0.2) is 47.4 Å². The molecular formula is C17H14F5NOS. The van der Waals surface area contributed by atoms with Crippen LogP contribution in [0.3, 0.4) is 0 Å². The quantitative estimate of drug-likeness (QED) is 0.581. The molecule has 0 aromatic heterocycles. The molecule has 2 rings (SSSR count). The number of carbonyl (C=O) groups excluding carboxylic acids is 1. The largest absolute Gasteiger partial charge is 0.398 e. The molecule has 134 valence electrons. The Balaban J connectivity index is 2.13. The Morgan fingerprint density at radius 3 is 2.44 bits per heavy atom. The molecule has 0 aliphatic rings. The average molecular weight is 375 g/mol. The number of rotatable bonds is 5. The number of alkyl halides is 3. The fourth-order valence-electron chi connectivity index (χ4n) is 2.08. The number of carbonyl (C=O) groups is 1. The second-order valence-electron chi connectivity index (χ2n) is 5.27. The summed E-state index contributed by atoms with van der Waals surface area (Å²) in [7, 11) is 0. The third kappa shape index (κ3) is 5.45. The van der Waals surface area contributed by atoms with E-state index in [1.165, 1.54) is 30.3 Å². The van der Waals surface area contributed by atoms with Gasteiger partial charge in [0.2, 0.25) is 0 Å². The van der Waals surface area contributed by atoms with Gasteiger partial charge in [-0.3, -0.25) is 4.79 Å². The Bertz CT molecular complexity index is 763. The Morgan fingerprint density at radius 2 is 1.80 bits per heavy atom. The molecule has 0 saturated carbocycles. The smallest absolute Gasteiger partial charge is 0.345 e. The van der Waals surface area contributed by atoms with Gasteiger partial charge in [-0.05, 0) is 36.8 Å². The van der Waals surface area contributed by atoms with Gasteiger partial charge in [-0.2, -0.15) is 13.2 Å². The van der Waals surface area contributed by atoms with Crippen LogP contribution >= 0.6 is 11.8 Å². The van der Waals surface area contributed by atoms with Crippen LogP contribution in [-0.2, 0) is 0 Å². The highest BCUT2D eigenvalue weighted by molar-refractivity contribution is 7.99. The third-order valence-corrected chi connectivity index (χ3v) is 4.45. The highest BCUT2D eigenvalue weighted by Gasteiger charge is 2.28. The summed E-state index contributed by atoms with van der Waals surface area (Å²) in [6.07, 6.45) is -4.35. The molecule has 1 N–H and O–H groups in total. The molecule has 0 saturated heterocycles. The molecule has 0 radical (unpaired) electrons. The Hall–Kier alpha value is -2.09. The molecule has 1 atom stereocenters. The fraction of sp³-hybridized carbons (Fsp3) is 0.235. The van der Waals surface area contributed by atoms with Crippen LogP contribution in [-0.4, -0.2) is 17.8 Å². The van der Waals surface area contributed by atoms with E-state index in [1.54, 1.807) is 6.92 Å². The Morgan fingerprint density at radius 1 is 1.12 bits per heavy atom. The van der Waals surface area contributed by atoms with Gasteiger partial charge < -0.3 is 5.32 Å². The first kappa shape index (κ1) is 19.2. The molecule has 0 aliphatic heterocycles. The zero-order valence-corrected chi connectivity index (χ0v) is 13.8. The predicted octanol–water partition coefficient (Wildman–Crippen LogP) is 5.11. The van der Waals surface area contributed by atoms with Crippen LogP contribution in [0.5, 0.6) is 0 Å². The lowest BCUT2D eigenvalue weighted by Gasteiger charge is -2.16. The van der Waals surface area contributed by atoms with Crippen molar-refractivity contribution < 1.29 is 26.7 Å². The van der Waals surface area contributed by atoms with Gasteiger partial charge in [-0.25, -0.2) is 8.78 Å². The topological polar surface area (TPSA) is 29.1 Å². The van der Waals surface area contributed by atoms with Crippen molar-refractivity contribution in [1.82, 2.24) is 5.32 Å². The number of halogens is 5. The van der Waals surface area contributed by atoms with Gasteiger partial charge in [-0.1, -0.05) is 18.2 Å². The van der Waals surface area contributed by atoms with Gasteiger partial charge in [0, 0.05) is 4.90 Å². The molecule has 1 amide bonds. The van der Waals surface area contributed by atoms with Crippen molar-refractivity contribution in [1.29, 1.82) is 0 Å². The van der Waals surface area contributed by atoms with E-state index in [0.717, 1.165) is 12.1 Å². The summed E-state index contributed by atoms with van der Waals surface area (Å²) in [4.78, 5) is 12.5. The van der Waals surface area contributed by atoms with Crippen molar-refractivity contribution in [3.8, 4) is 0 Å². The van der Waals surface area contributed by atoms with Crippen LogP contribution in [0.2, 0.25) is 0 Å². The summed E-state index contributed by atoms with van der Waals surface area (Å²) < 4.78 is 63.4. The van der Waals surface area contributed by atoms with Crippen molar-refractivity contribution in [2.75, 3.05) is 5.75 Å². The first-order valence-corrected chi connectivity index (χ1v) is 8.20.